The molecule has 0 saturated carbocycles. The third kappa shape index (κ3) is 3.10. The van der Waals surface area contributed by atoms with Crippen molar-refractivity contribution in [1.82, 2.24) is 9.78 Å². The molecule has 0 atom stereocenters. The minimum absolute atomic E-state index is 0.188. The van der Waals surface area contributed by atoms with E-state index in [0.717, 1.165) is 12.8 Å². The fraction of sp³-hybridized carbons (Fsp3) is 0.455. The van der Waals surface area contributed by atoms with Crippen molar-refractivity contribution < 1.29 is 0 Å². The van der Waals surface area contributed by atoms with Gasteiger partial charge in [0.15, 0.2) is 0 Å². The molecule has 5 heteroatoms. The first-order valence-electron chi connectivity index (χ1n) is 5.31. The molecule has 0 spiro atoms. The second-order valence-electron chi connectivity index (χ2n) is 3.42. The summed E-state index contributed by atoms with van der Waals surface area (Å²) in [6.07, 6.45) is 5.20. The fourth-order valence-corrected chi connectivity index (χ4v) is 1.45. The number of nitrogens with zero attached hydrogens (tertiary/aromatic N) is 2. The van der Waals surface area contributed by atoms with Gasteiger partial charge in [-0.15, -0.1) is 6.58 Å². The van der Waals surface area contributed by atoms with Crippen LogP contribution in [-0.2, 0) is 6.54 Å². The van der Waals surface area contributed by atoms with Crippen LogP contribution in [0.4, 0.5) is 5.69 Å². The lowest BCUT2D eigenvalue weighted by Crippen LogP contribution is -2.24. The lowest BCUT2D eigenvalue weighted by atomic mass is 10.3. The van der Waals surface area contributed by atoms with Gasteiger partial charge in [0.2, 0.25) is 0 Å². The molecular weight excluding hydrogens is 226 g/mol. The van der Waals surface area contributed by atoms with E-state index < -0.39 is 0 Å². The van der Waals surface area contributed by atoms with Crippen LogP contribution in [0.1, 0.15) is 19.8 Å². The van der Waals surface area contributed by atoms with Gasteiger partial charge in [-0.3, -0.25) is 4.79 Å². The van der Waals surface area contributed by atoms with E-state index in [4.69, 9.17) is 11.6 Å². The normalized spacial score (nSPS) is 10.1. The van der Waals surface area contributed by atoms with Crippen LogP contribution < -0.4 is 10.9 Å². The molecule has 0 bridgehead atoms. The average Bonchev–Trinajstić information content (AvgIpc) is 2.30. The molecule has 0 aliphatic rings. The van der Waals surface area contributed by atoms with Gasteiger partial charge in [-0.25, -0.2) is 4.68 Å². The number of rotatable bonds is 6. The maximum absolute atomic E-state index is 11.8. The first kappa shape index (κ1) is 12.8. The SMILES string of the molecule is C=CCNc1cnn(CCCC)c(=O)c1Cl. The lowest BCUT2D eigenvalue weighted by molar-refractivity contribution is 0.543. The Kier molecular flexibility index (Phi) is 5.05. The van der Waals surface area contributed by atoms with Gasteiger partial charge in [-0.1, -0.05) is 31.0 Å². The molecule has 0 aromatic carbocycles. The second-order valence-corrected chi connectivity index (χ2v) is 3.80. The van der Waals surface area contributed by atoms with Gasteiger partial charge in [0, 0.05) is 13.1 Å². The van der Waals surface area contributed by atoms with Crippen LogP contribution in [0.3, 0.4) is 0 Å². The number of hydrogen-bond donors (Lipinski definition) is 1. The minimum atomic E-state index is -0.246. The molecule has 0 aliphatic heterocycles. The Morgan fingerprint density at radius 1 is 1.69 bits per heavy atom. The van der Waals surface area contributed by atoms with Gasteiger partial charge < -0.3 is 5.32 Å². The van der Waals surface area contributed by atoms with Crippen molar-refractivity contribution in [2.75, 3.05) is 11.9 Å². The molecule has 0 saturated heterocycles. The van der Waals surface area contributed by atoms with E-state index in [1.165, 1.54) is 4.68 Å². The Balaban J connectivity index is 2.89. The molecule has 1 aromatic rings. The number of hydrogen-bond acceptors (Lipinski definition) is 3. The fourth-order valence-electron chi connectivity index (χ4n) is 1.24. The van der Waals surface area contributed by atoms with E-state index in [-0.39, 0.29) is 10.6 Å². The molecule has 0 fully saturated rings. The molecule has 1 N–H and O–H groups in total. The van der Waals surface area contributed by atoms with Gasteiger partial charge in [0.1, 0.15) is 5.02 Å². The minimum Gasteiger partial charge on any atom is -0.379 e. The highest BCUT2D eigenvalue weighted by Gasteiger charge is 2.07. The van der Waals surface area contributed by atoms with Gasteiger partial charge in [-0.2, -0.15) is 5.10 Å². The van der Waals surface area contributed by atoms with Crippen LogP contribution in [0, 0.1) is 0 Å². The smallest absolute Gasteiger partial charge is 0.287 e. The van der Waals surface area contributed by atoms with E-state index in [1.54, 1.807) is 12.3 Å². The average molecular weight is 242 g/mol. The summed E-state index contributed by atoms with van der Waals surface area (Å²) in [6.45, 7) is 6.80. The van der Waals surface area contributed by atoms with Gasteiger partial charge in [-0.05, 0) is 6.42 Å². The van der Waals surface area contributed by atoms with Gasteiger partial charge >= 0.3 is 0 Å². The summed E-state index contributed by atoms with van der Waals surface area (Å²) in [7, 11) is 0. The summed E-state index contributed by atoms with van der Waals surface area (Å²) in [6, 6.07) is 0. The van der Waals surface area contributed by atoms with Crippen molar-refractivity contribution in [3.63, 3.8) is 0 Å². The Labute approximate surface area is 99.9 Å². The van der Waals surface area contributed by atoms with Crippen LogP contribution in [0.2, 0.25) is 5.02 Å². The van der Waals surface area contributed by atoms with E-state index in [0.29, 0.717) is 18.8 Å². The van der Waals surface area contributed by atoms with E-state index >= 15 is 0 Å². The summed E-state index contributed by atoms with van der Waals surface area (Å²) in [5.74, 6) is 0. The Morgan fingerprint density at radius 2 is 2.44 bits per heavy atom. The van der Waals surface area contributed by atoms with Crippen LogP contribution in [-0.4, -0.2) is 16.3 Å². The highest BCUT2D eigenvalue weighted by Crippen LogP contribution is 2.14. The maximum atomic E-state index is 11.8. The third-order valence-corrected chi connectivity index (χ3v) is 2.51. The third-order valence-electron chi connectivity index (χ3n) is 2.15. The van der Waals surface area contributed by atoms with Gasteiger partial charge in [0.05, 0.1) is 11.9 Å². The molecular formula is C11H16ClN3O. The van der Waals surface area contributed by atoms with Gasteiger partial charge in [0.25, 0.3) is 5.56 Å². The molecule has 4 nitrogen and oxygen atoms in total. The van der Waals surface area contributed by atoms with Crippen molar-refractivity contribution in [3.05, 3.63) is 34.2 Å². The molecule has 16 heavy (non-hydrogen) atoms. The van der Waals surface area contributed by atoms with E-state index in [9.17, 15) is 4.79 Å². The Bertz CT molecular complexity index is 414. The molecule has 0 radical (unpaired) electrons. The van der Waals surface area contributed by atoms with Crippen molar-refractivity contribution in [2.24, 2.45) is 0 Å². The van der Waals surface area contributed by atoms with Crippen LogP contribution in [0.5, 0.6) is 0 Å². The number of nitrogens with one attached hydrogen (secondary N) is 1. The van der Waals surface area contributed by atoms with Crippen molar-refractivity contribution in [3.8, 4) is 0 Å². The molecule has 0 amide bonds. The first-order valence-corrected chi connectivity index (χ1v) is 5.68. The molecule has 0 unspecified atom stereocenters. The molecule has 1 heterocycles. The van der Waals surface area contributed by atoms with Crippen LogP contribution in [0.25, 0.3) is 0 Å². The largest absolute Gasteiger partial charge is 0.379 e. The highest BCUT2D eigenvalue weighted by molar-refractivity contribution is 6.32. The zero-order valence-corrected chi connectivity index (χ0v) is 10.1. The first-order chi connectivity index (χ1) is 7.70. The topological polar surface area (TPSA) is 46.9 Å². The predicted molar refractivity (Wildman–Crippen MR) is 67.1 cm³/mol. The summed E-state index contributed by atoms with van der Waals surface area (Å²) in [5, 5.41) is 7.20. The summed E-state index contributed by atoms with van der Waals surface area (Å²) in [4.78, 5) is 11.8. The standard InChI is InChI=1S/C11H16ClN3O/c1-3-5-7-15-11(16)10(12)9(8-14-15)13-6-4-2/h4,8,13H,2-3,5-7H2,1H3. The number of unbranched alkanes of at least 4 members (excludes halogenated alkanes) is 1. The van der Waals surface area contributed by atoms with E-state index in [2.05, 4.69) is 23.9 Å². The Hall–Kier alpha value is -1.29. The van der Waals surface area contributed by atoms with Crippen molar-refractivity contribution in [2.45, 2.75) is 26.3 Å². The van der Waals surface area contributed by atoms with E-state index in [1.807, 2.05) is 0 Å². The highest BCUT2D eigenvalue weighted by atomic mass is 35.5. The predicted octanol–water partition coefficient (Wildman–Crippen LogP) is 2.29. The lowest BCUT2D eigenvalue weighted by Gasteiger charge is -2.08. The monoisotopic (exact) mass is 241 g/mol. The summed E-state index contributed by atoms with van der Waals surface area (Å²) < 4.78 is 1.39. The zero-order chi connectivity index (χ0) is 12.0. The van der Waals surface area contributed by atoms with Crippen molar-refractivity contribution in [1.29, 1.82) is 0 Å². The van der Waals surface area contributed by atoms with Crippen LogP contribution >= 0.6 is 11.6 Å². The summed E-state index contributed by atoms with van der Waals surface area (Å²) >= 11 is 5.94. The second kappa shape index (κ2) is 6.33. The molecule has 0 aliphatic carbocycles. The molecule has 1 rings (SSSR count). The number of halogens is 1. The number of anilines is 1. The van der Waals surface area contributed by atoms with Crippen LogP contribution in [0.15, 0.2) is 23.6 Å². The van der Waals surface area contributed by atoms with Crippen molar-refractivity contribution >= 4 is 17.3 Å². The quantitative estimate of drug-likeness (QED) is 0.778. The molecule has 88 valence electrons. The zero-order valence-electron chi connectivity index (χ0n) is 9.37. The summed E-state index contributed by atoms with van der Waals surface area (Å²) in [5.41, 5.74) is 0.309. The number of aryl methyl sites for hydroxylation is 1. The number of aromatic nitrogens is 2. The molecule has 1 aromatic heterocycles. The Morgan fingerprint density at radius 3 is 3.06 bits per heavy atom. The maximum Gasteiger partial charge on any atom is 0.287 e.